The van der Waals surface area contributed by atoms with Crippen LogP contribution in [0.2, 0.25) is 0 Å². The predicted octanol–water partition coefficient (Wildman–Crippen LogP) is 1.39. The van der Waals surface area contributed by atoms with Gasteiger partial charge in [-0.15, -0.1) is 0 Å². The maximum atomic E-state index is 11.6. The fraction of sp³-hybridized carbons (Fsp3) is 0.273. The summed E-state index contributed by atoms with van der Waals surface area (Å²) in [6.07, 6.45) is 0. The summed E-state index contributed by atoms with van der Waals surface area (Å²) in [6.45, 7) is 4.76. The first-order valence-corrected chi connectivity index (χ1v) is 6.58. The highest BCUT2D eigenvalue weighted by molar-refractivity contribution is 7.91. The molecule has 1 amide bonds. The molecule has 0 aliphatic heterocycles. The second-order valence-electron chi connectivity index (χ2n) is 3.19. The van der Waals surface area contributed by atoms with Gasteiger partial charge >= 0.3 is 0 Å². The number of amides is 1. The summed E-state index contributed by atoms with van der Waals surface area (Å²) in [5, 5.41) is 2.50. The van der Waals surface area contributed by atoms with E-state index >= 15 is 0 Å². The monoisotopic (exact) mass is 240 g/mol. The van der Waals surface area contributed by atoms with Crippen LogP contribution in [0.5, 0.6) is 0 Å². The van der Waals surface area contributed by atoms with E-state index in [2.05, 4.69) is 5.32 Å². The molecule has 0 aliphatic rings. The normalized spacial score (nSPS) is 11.1. The Morgan fingerprint density at radius 2 is 2.12 bits per heavy atom. The molecule has 1 rings (SSSR count). The van der Waals surface area contributed by atoms with E-state index in [0.717, 1.165) is 0 Å². The highest BCUT2D eigenvalue weighted by Gasteiger charge is 2.13. The van der Waals surface area contributed by atoms with Gasteiger partial charge in [-0.25, -0.2) is 8.42 Å². The van der Waals surface area contributed by atoms with Crippen molar-refractivity contribution in [3.8, 4) is 0 Å². The number of carbonyl (C=O) groups excluding carboxylic acids is 1. The van der Waals surface area contributed by atoms with E-state index in [0.29, 0.717) is 5.56 Å². The van der Waals surface area contributed by atoms with Gasteiger partial charge in [-0.1, -0.05) is 13.0 Å². The van der Waals surface area contributed by atoms with Gasteiger partial charge in [0.2, 0.25) is 0 Å². The van der Waals surface area contributed by atoms with Gasteiger partial charge in [0.25, 0.3) is 5.91 Å². The van der Waals surface area contributed by atoms with Crippen LogP contribution in [0.3, 0.4) is 0 Å². The zero-order valence-electron chi connectivity index (χ0n) is 9.23. The highest BCUT2D eigenvalue weighted by atomic mass is 32.2. The lowest BCUT2D eigenvalue weighted by molar-refractivity contribution is 0.0964. The lowest BCUT2D eigenvalue weighted by Gasteiger charge is -2.05. The highest BCUT2D eigenvalue weighted by Crippen LogP contribution is 2.13. The van der Waals surface area contributed by atoms with Crippen LogP contribution >= 0.6 is 0 Å². The van der Waals surface area contributed by atoms with Crippen LogP contribution in [0.25, 0.3) is 0 Å². The molecule has 0 aliphatic carbocycles. The molecule has 87 valence electrons. The molecule has 16 heavy (non-hydrogen) atoms. The minimum Gasteiger partial charge on any atom is -0.348 e. The van der Waals surface area contributed by atoms with Crippen LogP contribution in [0.4, 0.5) is 0 Å². The van der Waals surface area contributed by atoms with Crippen molar-refractivity contribution in [1.82, 2.24) is 5.32 Å². The number of sulfone groups is 1. The lowest BCUT2D eigenvalue weighted by Crippen LogP contribution is -2.19. The molecule has 0 spiro atoms. The van der Waals surface area contributed by atoms with Gasteiger partial charge in [-0.3, -0.25) is 4.79 Å². The van der Waals surface area contributed by atoms with E-state index in [-0.39, 0.29) is 16.6 Å². The van der Waals surface area contributed by atoms with E-state index in [9.17, 15) is 13.2 Å². The maximum absolute atomic E-state index is 11.6. The molecule has 0 bridgehead atoms. The van der Waals surface area contributed by atoms with Crippen LogP contribution in [0.15, 0.2) is 29.2 Å². The Hall–Kier alpha value is -1.36. The molecule has 0 heterocycles. The summed E-state index contributed by atoms with van der Waals surface area (Å²) >= 11 is 0. The maximum Gasteiger partial charge on any atom is 0.251 e. The van der Waals surface area contributed by atoms with Crippen molar-refractivity contribution >= 4 is 15.7 Å². The van der Waals surface area contributed by atoms with Gasteiger partial charge in [0, 0.05) is 12.1 Å². The van der Waals surface area contributed by atoms with Crippen LogP contribution in [-0.2, 0) is 9.84 Å². The second kappa shape index (κ2) is 5.12. The largest absolute Gasteiger partial charge is 0.348 e. The standard InChI is InChI=1S/C11H14NO3S/c1-3-12-11(13)9-6-5-7-10(8-9)16(14,15)4-2/h3,5-8H,4H2,1-2H3,(H,12,13). The smallest absolute Gasteiger partial charge is 0.251 e. The van der Waals surface area contributed by atoms with Gasteiger partial charge in [0.05, 0.1) is 10.6 Å². The molecule has 0 saturated heterocycles. The third kappa shape index (κ3) is 2.82. The van der Waals surface area contributed by atoms with E-state index in [1.54, 1.807) is 26.0 Å². The van der Waals surface area contributed by atoms with Crippen molar-refractivity contribution in [1.29, 1.82) is 0 Å². The van der Waals surface area contributed by atoms with Crippen LogP contribution < -0.4 is 5.32 Å². The molecule has 1 radical (unpaired) electrons. The summed E-state index contributed by atoms with van der Waals surface area (Å²) in [5.41, 5.74) is 0.340. The minimum absolute atomic E-state index is 0.0258. The number of carbonyl (C=O) groups is 1. The van der Waals surface area contributed by atoms with Gasteiger partial charge in [0.1, 0.15) is 0 Å². The molecular formula is C11H14NO3S. The molecule has 0 saturated carbocycles. The Balaban J connectivity index is 3.10. The Kier molecular flexibility index (Phi) is 4.06. The molecule has 0 atom stereocenters. The van der Waals surface area contributed by atoms with Crippen molar-refractivity contribution in [2.24, 2.45) is 0 Å². The zero-order chi connectivity index (χ0) is 12.2. The number of hydrogen-bond donors (Lipinski definition) is 1. The fourth-order valence-corrected chi connectivity index (χ4v) is 2.14. The van der Waals surface area contributed by atoms with Gasteiger partial charge < -0.3 is 5.32 Å². The van der Waals surface area contributed by atoms with Crippen molar-refractivity contribution in [3.63, 3.8) is 0 Å². The topological polar surface area (TPSA) is 63.2 Å². The zero-order valence-corrected chi connectivity index (χ0v) is 10.0. The van der Waals surface area contributed by atoms with Crippen molar-refractivity contribution in [3.05, 3.63) is 36.4 Å². The molecule has 1 N–H and O–H groups in total. The Bertz CT molecular complexity index is 480. The summed E-state index contributed by atoms with van der Waals surface area (Å²) in [5.74, 6) is -0.284. The van der Waals surface area contributed by atoms with Gasteiger partial charge in [0.15, 0.2) is 9.84 Å². The number of rotatable bonds is 4. The first-order valence-electron chi connectivity index (χ1n) is 4.92. The Labute approximate surface area is 95.6 Å². The number of hydrogen-bond acceptors (Lipinski definition) is 3. The third-order valence-corrected chi connectivity index (χ3v) is 3.84. The van der Waals surface area contributed by atoms with Crippen LogP contribution in [-0.4, -0.2) is 20.1 Å². The second-order valence-corrected chi connectivity index (χ2v) is 5.47. The molecule has 0 aromatic heterocycles. The van der Waals surface area contributed by atoms with E-state index in [1.165, 1.54) is 18.7 Å². The molecule has 4 nitrogen and oxygen atoms in total. The molecule has 5 heteroatoms. The van der Waals surface area contributed by atoms with E-state index < -0.39 is 9.84 Å². The molecule has 0 unspecified atom stereocenters. The molecule has 1 aromatic rings. The van der Waals surface area contributed by atoms with E-state index in [4.69, 9.17) is 0 Å². The molecule has 0 fully saturated rings. The Morgan fingerprint density at radius 3 is 2.69 bits per heavy atom. The first kappa shape index (κ1) is 12.7. The summed E-state index contributed by atoms with van der Waals surface area (Å²) in [6, 6.07) is 6.02. The SMILES string of the molecule is C[CH]NC(=O)c1cccc(S(=O)(=O)CC)c1. The first-order chi connectivity index (χ1) is 7.51. The molecular weight excluding hydrogens is 226 g/mol. The van der Waals surface area contributed by atoms with Crippen molar-refractivity contribution in [2.45, 2.75) is 18.7 Å². The van der Waals surface area contributed by atoms with Crippen molar-refractivity contribution in [2.75, 3.05) is 5.75 Å². The quantitative estimate of drug-likeness (QED) is 0.865. The van der Waals surface area contributed by atoms with Crippen LogP contribution in [0, 0.1) is 6.54 Å². The summed E-state index contributed by atoms with van der Waals surface area (Å²) < 4.78 is 23.2. The lowest BCUT2D eigenvalue weighted by atomic mass is 10.2. The van der Waals surface area contributed by atoms with Crippen molar-refractivity contribution < 1.29 is 13.2 Å². The Morgan fingerprint density at radius 1 is 1.44 bits per heavy atom. The fourth-order valence-electron chi connectivity index (χ4n) is 1.21. The average Bonchev–Trinajstić information content (AvgIpc) is 2.29. The molecule has 1 aromatic carbocycles. The minimum atomic E-state index is -3.26. The predicted molar refractivity (Wildman–Crippen MR) is 61.6 cm³/mol. The van der Waals surface area contributed by atoms with Crippen LogP contribution in [0.1, 0.15) is 24.2 Å². The van der Waals surface area contributed by atoms with Gasteiger partial charge in [-0.05, 0) is 25.1 Å². The summed E-state index contributed by atoms with van der Waals surface area (Å²) in [7, 11) is -3.26. The third-order valence-electron chi connectivity index (χ3n) is 2.11. The number of benzene rings is 1. The summed E-state index contributed by atoms with van der Waals surface area (Å²) in [4.78, 5) is 11.7. The number of nitrogens with one attached hydrogen (secondary N) is 1. The average molecular weight is 240 g/mol. The van der Waals surface area contributed by atoms with E-state index in [1.807, 2.05) is 0 Å². The van der Waals surface area contributed by atoms with Gasteiger partial charge in [-0.2, -0.15) is 0 Å².